The van der Waals surface area contributed by atoms with Crippen LogP contribution < -0.4 is 0 Å². The second-order valence-corrected chi connectivity index (χ2v) is 12.8. The first-order valence-electron chi connectivity index (χ1n) is 14.7. The fourth-order valence-electron chi connectivity index (χ4n) is 7.87. The largest absolute Gasteiger partial charge is 0.478 e. The van der Waals surface area contributed by atoms with Gasteiger partial charge in [0, 0.05) is 6.42 Å². The van der Waals surface area contributed by atoms with Crippen molar-refractivity contribution in [2.45, 2.75) is 109 Å². The standard InChI is InChI=1S/C32H47NO4/c1-5-24-19-37-30(33-24)32(15-16-32)29(36)13-8-20(2)26-11-12-27-22(7-6-14-31(26,27)4)9-10-23-17-25(34)18-28(35)21(23)3/h8-10,13,20,24-29,34-36H,3,5-7,11-12,14-19H2,1-2,4H3/b13-8+,22-9+,23-10-/t20-,24-,25-,26-,27+,28+,29+,31-/m1/s1. The minimum atomic E-state index is -0.640. The number of hydrogen-bond donors (Lipinski definition) is 3. The highest BCUT2D eigenvalue weighted by Crippen LogP contribution is 2.60. The molecule has 0 bridgehead atoms. The molecular formula is C32H47NO4. The molecule has 0 aromatic carbocycles. The lowest BCUT2D eigenvalue weighted by Crippen LogP contribution is -2.35. The van der Waals surface area contributed by atoms with Crippen molar-refractivity contribution in [3.05, 3.63) is 47.6 Å². The van der Waals surface area contributed by atoms with Gasteiger partial charge in [0.15, 0.2) is 5.90 Å². The Balaban J connectivity index is 1.27. The Bertz CT molecular complexity index is 1000. The Kier molecular flexibility index (Phi) is 7.61. The smallest absolute Gasteiger partial charge is 0.193 e. The molecule has 0 amide bonds. The van der Waals surface area contributed by atoms with Gasteiger partial charge in [-0.2, -0.15) is 0 Å². The van der Waals surface area contributed by atoms with Crippen LogP contribution in [0, 0.1) is 28.6 Å². The molecule has 5 aliphatic rings. The van der Waals surface area contributed by atoms with Crippen LogP contribution in [0.15, 0.2) is 52.6 Å². The van der Waals surface area contributed by atoms with E-state index >= 15 is 0 Å². The van der Waals surface area contributed by atoms with Crippen LogP contribution in [0.4, 0.5) is 0 Å². The molecule has 8 atom stereocenters. The van der Waals surface area contributed by atoms with E-state index < -0.39 is 18.3 Å². The average Bonchev–Trinajstić information content (AvgIpc) is 3.39. The Hall–Kier alpha value is -1.69. The minimum Gasteiger partial charge on any atom is -0.478 e. The average molecular weight is 510 g/mol. The molecule has 1 aliphatic heterocycles. The molecule has 204 valence electrons. The van der Waals surface area contributed by atoms with E-state index in [2.05, 4.69) is 45.6 Å². The lowest BCUT2D eigenvalue weighted by Gasteiger charge is -2.44. The first kappa shape index (κ1) is 26.9. The summed E-state index contributed by atoms with van der Waals surface area (Å²) >= 11 is 0. The predicted molar refractivity (Wildman–Crippen MR) is 148 cm³/mol. The third-order valence-electron chi connectivity index (χ3n) is 10.5. The molecule has 3 N–H and O–H groups in total. The van der Waals surface area contributed by atoms with Crippen molar-refractivity contribution in [2.24, 2.45) is 33.6 Å². The van der Waals surface area contributed by atoms with Crippen LogP contribution in [0.5, 0.6) is 0 Å². The number of fused-ring (bicyclic) bond motifs is 1. The minimum absolute atomic E-state index is 0.244. The molecule has 37 heavy (non-hydrogen) atoms. The van der Waals surface area contributed by atoms with Crippen LogP contribution in [0.25, 0.3) is 0 Å². The summed E-state index contributed by atoms with van der Waals surface area (Å²) in [6, 6.07) is 0.244. The van der Waals surface area contributed by atoms with Gasteiger partial charge >= 0.3 is 0 Å². The molecule has 0 saturated heterocycles. The predicted octanol–water partition coefficient (Wildman–Crippen LogP) is 5.67. The first-order chi connectivity index (χ1) is 17.7. The van der Waals surface area contributed by atoms with Gasteiger partial charge in [-0.15, -0.1) is 0 Å². The van der Waals surface area contributed by atoms with Crippen LogP contribution >= 0.6 is 0 Å². The van der Waals surface area contributed by atoms with E-state index in [9.17, 15) is 15.3 Å². The fraction of sp³-hybridized carbons (Fsp3) is 0.719. The molecule has 0 unspecified atom stereocenters. The summed E-state index contributed by atoms with van der Waals surface area (Å²) in [4.78, 5) is 4.76. The zero-order chi connectivity index (χ0) is 26.4. The van der Waals surface area contributed by atoms with E-state index in [0.717, 1.165) is 42.7 Å². The van der Waals surface area contributed by atoms with Crippen molar-refractivity contribution in [1.29, 1.82) is 0 Å². The van der Waals surface area contributed by atoms with Gasteiger partial charge < -0.3 is 20.1 Å². The highest BCUT2D eigenvalue weighted by Gasteiger charge is 2.56. The number of nitrogens with zero attached hydrogens (tertiary/aromatic N) is 1. The van der Waals surface area contributed by atoms with Crippen LogP contribution in [0.3, 0.4) is 0 Å². The van der Waals surface area contributed by atoms with Gasteiger partial charge in [0.05, 0.1) is 29.8 Å². The molecule has 5 heteroatoms. The quantitative estimate of drug-likeness (QED) is 0.386. The van der Waals surface area contributed by atoms with Gasteiger partial charge in [0.1, 0.15) is 6.61 Å². The van der Waals surface area contributed by atoms with Crippen molar-refractivity contribution in [1.82, 2.24) is 0 Å². The molecule has 4 saturated carbocycles. The van der Waals surface area contributed by atoms with Gasteiger partial charge in [-0.1, -0.05) is 57.2 Å². The lowest BCUT2D eigenvalue weighted by molar-refractivity contribution is 0.0862. The zero-order valence-electron chi connectivity index (χ0n) is 23.0. The molecule has 4 aliphatic carbocycles. The fourth-order valence-corrected chi connectivity index (χ4v) is 7.87. The highest BCUT2D eigenvalue weighted by molar-refractivity contribution is 5.87. The summed E-state index contributed by atoms with van der Waals surface area (Å²) in [5.41, 5.74) is 3.22. The van der Waals surface area contributed by atoms with Gasteiger partial charge in [0.2, 0.25) is 0 Å². The van der Waals surface area contributed by atoms with E-state index in [0.29, 0.717) is 37.2 Å². The molecule has 0 radical (unpaired) electrons. The van der Waals surface area contributed by atoms with Gasteiger partial charge in [0.25, 0.3) is 0 Å². The third-order valence-corrected chi connectivity index (χ3v) is 10.5. The maximum Gasteiger partial charge on any atom is 0.193 e. The molecule has 5 nitrogen and oxygen atoms in total. The SMILES string of the molecule is C=C1/C(=C\C=C2/CCC[C@]3(C)[C@@H]([C@H](C)/C=C/[C@H](O)C4(C5=N[C@H](CC)CO5)CC4)CC[C@@H]23)C[C@@H](O)C[C@@H]1O. The van der Waals surface area contributed by atoms with Crippen molar-refractivity contribution >= 4 is 5.90 Å². The number of rotatable bonds is 7. The highest BCUT2D eigenvalue weighted by atomic mass is 16.5. The van der Waals surface area contributed by atoms with E-state index in [1.165, 1.54) is 31.3 Å². The van der Waals surface area contributed by atoms with E-state index in [1.807, 2.05) is 6.08 Å². The van der Waals surface area contributed by atoms with E-state index in [-0.39, 0.29) is 16.9 Å². The van der Waals surface area contributed by atoms with E-state index in [1.54, 1.807) is 0 Å². The molecule has 0 aromatic heterocycles. The van der Waals surface area contributed by atoms with Gasteiger partial charge in [-0.3, -0.25) is 0 Å². The normalized spacial score (nSPS) is 41.1. The van der Waals surface area contributed by atoms with Gasteiger partial charge in [-0.25, -0.2) is 4.99 Å². The summed E-state index contributed by atoms with van der Waals surface area (Å²) in [6.07, 6.45) is 16.9. The second-order valence-electron chi connectivity index (χ2n) is 12.8. The number of hydrogen-bond acceptors (Lipinski definition) is 5. The van der Waals surface area contributed by atoms with Crippen molar-refractivity contribution < 1.29 is 20.1 Å². The number of aliphatic hydroxyl groups is 3. The Morgan fingerprint density at radius 3 is 2.65 bits per heavy atom. The Morgan fingerprint density at radius 1 is 1.16 bits per heavy atom. The third kappa shape index (κ3) is 5.04. The monoisotopic (exact) mass is 509 g/mol. The number of aliphatic imine (C=N–C) groups is 1. The topological polar surface area (TPSA) is 82.3 Å². The molecule has 5 rings (SSSR count). The zero-order valence-corrected chi connectivity index (χ0v) is 23.0. The summed E-state index contributed by atoms with van der Waals surface area (Å²) in [5, 5.41) is 31.5. The Morgan fingerprint density at radius 2 is 1.95 bits per heavy atom. The molecule has 4 fully saturated rings. The molecule has 0 aromatic rings. The maximum atomic E-state index is 11.1. The lowest BCUT2D eigenvalue weighted by atomic mass is 9.61. The number of aliphatic hydroxyl groups excluding tert-OH is 3. The van der Waals surface area contributed by atoms with Crippen LogP contribution in [-0.4, -0.2) is 52.2 Å². The number of ether oxygens (including phenoxy) is 1. The first-order valence-corrected chi connectivity index (χ1v) is 14.7. The molecule has 1 heterocycles. The summed E-state index contributed by atoms with van der Waals surface area (Å²) in [5.74, 6) is 2.34. The molecular weight excluding hydrogens is 462 g/mol. The summed E-state index contributed by atoms with van der Waals surface area (Å²) in [6.45, 7) is 11.7. The van der Waals surface area contributed by atoms with E-state index in [4.69, 9.17) is 9.73 Å². The molecule has 0 spiro atoms. The van der Waals surface area contributed by atoms with Crippen LogP contribution in [-0.2, 0) is 4.74 Å². The van der Waals surface area contributed by atoms with Crippen molar-refractivity contribution in [2.75, 3.05) is 6.61 Å². The maximum absolute atomic E-state index is 11.1. The van der Waals surface area contributed by atoms with Crippen molar-refractivity contribution in [3.8, 4) is 0 Å². The number of allylic oxidation sites excluding steroid dienone is 4. The second kappa shape index (κ2) is 10.5. The summed E-state index contributed by atoms with van der Waals surface area (Å²) < 4.78 is 5.91. The summed E-state index contributed by atoms with van der Waals surface area (Å²) in [7, 11) is 0. The van der Waals surface area contributed by atoms with Gasteiger partial charge in [-0.05, 0) is 92.1 Å². The van der Waals surface area contributed by atoms with Crippen LogP contribution in [0.1, 0.15) is 85.0 Å². The van der Waals surface area contributed by atoms with Crippen molar-refractivity contribution in [3.63, 3.8) is 0 Å². The Labute approximate surface area is 223 Å². The van der Waals surface area contributed by atoms with Crippen LogP contribution in [0.2, 0.25) is 0 Å².